The molecule has 0 amide bonds. The van der Waals surface area contributed by atoms with Gasteiger partial charge in [-0.2, -0.15) is 0 Å². The van der Waals surface area contributed by atoms with Crippen LogP contribution in [0.3, 0.4) is 0 Å². The van der Waals surface area contributed by atoms with E-state index >= 15 is 0 Å². The zero-order valence-corrected chi connectivity index (χ0v) is 11.0. The molecule has 0 bridgehead atoms. The minimum atomic E-state index is 0.723. The molecule has 4 heteroatoms. The van der Waals surface area contributed by atoms with Crippen molar-refractivity contribution in [2.75, 3.05) is 39.3 Å². The summed E-state index contributed by atoms with van der Waals surface area (Å²) in [5.41, 5.74) is 1.13. The SMILES string of the molecule is Cc1ccc(Cl)cc1OCCN1CCNCC1. The molecule has 0 radical (unpaired) electrons. The van der Waals surface area contributed by atoms with Gasteiger partial charge in [0.25, 0.3) is 0 Å². The number of nitrogens with zero attached hydrogens (tertiary/aromatic N) is 1. The molecule has 1 aromatic carbocycles. The largest absolute Gasteiger partial charge is 0.492 e. The van der Waals surface area contributed by atoms with Gasteiger partial charge in [0.05, 0.1) is 0 Å². The molecule has 1 saturated heterocycles. The standard InChI is InChI=1S/C13H19ClN2O/c1-11-2-3-12(14)10-13(11)17-9-8-16-6-4-15-5-7-16/h2-3,10,15H,4-9H2,1H3. The molecule has 17 heavy (non-hydrogen) atoms. The second-order valence-corrected chi connectivity index (χ2v) is 4.79. The van der Waals surface area contributed by atoms with Gasteiger partial charge >= 0.3 is 0 Å². The number of nitrogens with one attached hydrogen (secondary N) is 1. The Kier molecular flexibility index (Phi) is 4.66. The molecular formula is C13H19ClN2O. The molecule has 0 aliphatic carbocycles. The number of aryl methyl sites for hydroxylation is 1. The first kappa shape index (κ1) is 12.7. The zero-order chi connectivity index (χ0) is 12.1. The molecule has 1 heterocycles. The van der Waals surface area contributed by atoms with Crippen LogP contribution in [0.5, 0.6) is 5.75 Å². The lowest BCUT2D eigenvalue weighted by atomic mass is 10.2. The van der Waals surface area contributed by atoms with E-state index in [-0.39, 0.29) is 0 Å². The van der Waals surface area contributed by atoms with Crippen LogP contribution in [0.15, 0.2) is 18.2 Å². The fraction of sp³-hybridized carbons (Fsp3) is 0.538. The summed E-state index contributed by atoms with van der Waals surface area (Å²) in [5.74, 6) is 0.896. The monoisotopic (exact) mass is 254 g/mol. The first-order valence-corrected chi connectivity index (χ1v) is 6.45. The van der Waals surface area contributed by atoms with Crippen molar-refractivity contribution in [3.63, 3.8) is 0 Å². The molecule has 1 fully saturated rings. The van der Waals surface area contributed by atoms with Crippen LogP contribution in [0.2, 0.25) is 5.02 Å². The Morgan fingerprint density at radius 2 is 2.12 bits per heavy atom. The van der Waals surface area contributed by atoms with Crippen molar-refractivity contribution in [3.8, 4) is 5.75 Å². The van der Waals surface area contributed by atoms with Gasteiger partial charge in [-0.15, -0.1) is 0 Å². The molecule has 0 saturated carbocycles. The number of rotatable bonds is 4. The summed E-state index contributed by atoms with van der Waals surface area (Å²) in [4.78, 5) is 2.41. The summed E-state index contributed by atoms with van der Waals surface area (Å²) in [5, 5.41) is 4.07. The summed E-state index contributed by atoms with van der Waals surface area (Å²) >= 11 is 5.95. The highest BCUT2D eigenvalue weighted by Gasteiger charge is 2.09. The highest BCUT2D eigenvalue weighted by atomic mass is 35.5. The van der Waals surface area contributed by atoms with Crippen molar-refractivity contribution in [2.24, 2.45) is 0 Å². The minimum Gasteiger partial charge on any atom is -0.492 e. The van der Waals surface area contributed by atoms with Crippen LogP contribution in [-0.2, 0) is 0 Å². The Morgan fingerprint density at radius 1 is 1.35 bits per heavy atom. The van der Waals surface area contributed by atoms with Gasteiger partial charge in [0, 0.05) is 37.7 Å². The van der Waals surface area contributed by atoms with Gasteiger partial charge in [0.15, 0.2) is 0 Å². The lowest BCUT2D eigenvalue weighted by molar-refractivity contribution is 0.191. The van der Waals surface area contributed by atoms with Crippen LogP contribution in [0, 0.1) is 6.92 Å². The second kappa shape index (κ2) is 6.24. The molecule has 0 atom stereocenters. The van der Waals surface area contributed by atoms with Crippen LogP contribution in [0.25, 0.3) is 0 Å². The molecular weight excluding hydrogens is 236 g/mol. The smallest absolute Gasteiger partial charge is 0.123 e. The highest BCUT2D eigenvalue weighted by molar-refractivity contribution is 6.30. The predicted molar refractivity (Wildman–Crippen MR) is 71.0 cm³/mol. The van der Waals surface area contributed by atoms with Crippen LogP contribution < -0.4 is 10.1 Å². The van der Waals surface area contributed by atoms with Crippen molar-refractivity contribution in [3.05, 3.63) is 28.8 Å². The number of benzene rings is 1. The number of hydrogen-bond donors (Lipinski definition) is 1. The number of ether oxygens (including phenoxy) is 1. The molecule has 94 valence electrons. The Morgan fingerprint density at radius 3 is 2.88 bits per heavy atom. The van der Waals surface area contributed by atoms with Gasteiger partial charge in [0.1, 0.15) is 12.4 Å². The summed E-state index contributed by atoms with van der Waals surface area (Å²) in [6.45, 7) is 8.12. The van der Waals surface area contributed by atoms with Gasteiger partial charge in [-0.25, -0.2) is 0 Å². The second-order valence-electron chi connectivity index (χ2n) is 4.35. The van der Waals surface area contributed by atoms with Crippen LogP contribution in [0.4, 0.5) is 0 Å². The van der Waals surface area contributed by atoms with Gasteiger partial charge in [0.2, 0.25) is 0 Å². The van der Waals surface area contributed by atoms with E-state index in [9.17, 15) is 0 Å². The number of hydrogen-bond acceptors (Lipinski definition) is 3. The fourth-order valence-corrected chi connectivity index (χ4v) is 2.11. The molecule has 0 spiro atoms. The van der Waals surface area contributed by atoms with Crippen molar-refractivity contribution in [1.29, 1.82) is 0 Å². The zero-order valence-electron chi connectivity index (χ0n) is 10.2. The van der Waals surface area contributed by atoms with E-state index in [1.165, 1.54) is 0 Å². The lowest BCUT2D eigenvalue weighted by Crippen LogP contribution is -2.44. The third kappa shape index (κ3) is 3.87. The molecule has 1 aromatic rings. The average molecular weight is 255 g/mol. The van der Waals surface area contributed by atoms with Crippen LogP contribution in [0.1, 0.15) is 5.56 Å². The fourth-order valence-electron chi connectivity index (χ4n) is 1.95. The third-order valence-electron chi connectivity index (χ3n) is 3.02. The van der Waals surface area contributed by atoms with Crippen LogP contribution >= 0.6 is 11.6 Å². The Hall–Kier alpha value is -0.770. The highest BCUT2D eigenvalue weighted by Crippen LogP contribution is 2.22. The minimum absolute atomic E-state index is 0.723. The molecule has 1 aliphatic rings. The summed E-state index contributed by atoms with van der Waals surface area (Å²) in [6.07, 6.45) is 0. The van der Waals surface area contributed by atoms with Gasteiger partial charge in [-0.3, -0.25) is 4.90 Å². The lowest BCUT2D eigenvalue weighted by Gasteiger charge is -2.27. The first-order chi connectivity index (χ1) is 8.25. The normalized spacial score (nSPS) is 17.1. The van der Waals surface area contributed by atoms with Crippen molar-refractivity contribution in [1.82, 2.24) is 10.2 Å². The number of piperazine rings is 1. The molecule has 1 aliphatic heterocycles. The van der Waals surface area contributed by atoms with E-state index < -0.39 is 0 Å². The van der Waals surface area contributed by atoms with E-state index in [1.54, 1.807) is 0 Å². The maximum atomic E-state index is 5.95. The first-order valence-electron chi connectivity index (χ1n) is 6.08. The predicted octanol–water partition coefficient (Wildman–Crippen LogP) is 1.93. The molecule has 1 N–H and O–H groups in total. The van der Waals surface area contributed by atoms with E-state index in [4.69, 9.17) is 16.3 Å². The Bertz CT molecular complexity index is 364. The summed E-state index contributed by atoms with van der Waals surface area (Å²) in [6, 6.07) is 5.76. The summed E-state index contributed by atoms with van der Waals surface area (Å²) in [7, 11) is 0. The Labute approximate surface area is 108 Å². The molecule has 3 nitrogen and oxygen atoms in total. The quantitative estimate of drug-likeness (QED) is 0.889. The van der Waals surface area contributed by atoms with Crippen LogP contribution in [-0.4, -0.2) is 44.2 Å². The molecule has 0 aromatic heterocycles. The van der Waals surface area contributed by atoms with Gasteiger partial charge in [-0.1, -0.05) is 17.7 Å². The van der Waals surface area contributed by atoms with E-state index in [2.05, 4.69) is 10.2 Å². The third-order valence-corrected chi connectivity index (χ3v) is 3.26. The molecule has 0 unspecified atom stereocenters. The summed E-state index contributed by atoms with van der Waals surface area (Å²) < 4.78 is 5.77. The topological polar surface area (TPSA) is 24.5 Å². The average Bonchev–Trinajstić information content (AvgIpc) is 2.35. The van der Waals surface area contributed by atoms with Gasteiger partial charge in [-0.05, 0) is 24.6 Å². The Balaban J connectivity index is 1.79. The van der Waals surface area contributed by atoms with E-state index in [0.29, 0.717) is 0 Å². The number of halogens is 1. The van der Waals surface area contributed by atoms with E-state index in [0.717, 1.165) is 55.7 Å². The van der Waals surface area contributed by atoms with Crippen molar-refractivity contribution in [2.45, 2.75) is 6.92 Å². The van der Waals surface area contributed by atoms with Crippen molar-refractivity contribution < 1.29 is 4.74 Å². The molecule has 2 rings (SSSR count). The van der Waals surface area contributed by atoms with E-state index in [1.807, 2.05) is 25.1 Å². The van der Waals surface area contributed by atoms with Crippen molar-refractivity contribution >= 4 is 11.6 Å². The maximum absolute atomic E-state index is 5.95. The maximum Gasteiger partial charge on any atom is 0.123 e. The van der Waals surface area contributed by atoms with Gasteiger partial charge < -0.3 is 10.1 Å².